The van der Waals surface area contributed by atoms with E-state index in [1.54, 1.807) is 67.7 Å². The number of phenols is 1. The maximum atomic E-state index is 13.1. The molecule has 0 aromatic heterocycles. The number of benzene rings is 4. The third-order valence-electron chi connectivity index (χ3n) is 9.95. The average molecular weight is 951 g/mol. The highest BCUT2D eigenvalue weighted by Gasteiger charge is 2.34. The van der Waals surface area contributed by atoms with Gasteiger partial charge in [0.25, 0.3) is 5.91 Å². The molecule has 4 aromatic carbocycles. The molecule has 0 aliphatic carbocycles. The molecule has 0 atom stereocenters. The van der Waals surface area contributed by atoms with Gasteiger partial charge in [-0.15, -0.1) is 0 Å². The van der Waals surface area contributed by atoms with Crippen LogP contribution < -0.4 is 36.6 Å². The van der Waals surface area contributed by atoms with Gasteiger partial charge in [-0.3, -0.25) is 24.2 Å². The van der Waals surface area contributed by atoms with Gasteiger partial charge < -0.3 is 56.7 Å². The Hall–Kier alpha value is -8.40. The first-order chi connectivity index (χ1) is 32.7. The van der Waals surface area contributed by atoms with E-state index in [0.717, 1.165) is 39.5 Å². The zero-order chi connectivity index (χ0) is 48.7. The fourth-order valence-electron chi connectivity index (χ4n) is 6.43. The molecule has 22 heteroatoms. The van der Waals surface area contributed by atoms with Crippen LogP contribution in [-0.4, -0.2) is 134 Å². The molecule has 0 saturated heterocycles. The van der Waals surface area contributed by atoms with Crippen LogP contribution in [0.2, 0.25) is 0 Å². The molecule has 20 nitrogen and oxygen atoms in total. The highest BCUT2D eigenvalue weighted by Crippen LogP contribution is 2.41. The zero-order valence-electron chi connectivity index (χ0n) is 36.9. The van der Waals surface area contributed by atoms with Crippen LogP contribution in [0.15, 0.2) is 117 Å². The third kappa shape index (κ3) is 13.3. The molecule has 6 rings (SSSR count). The zero-order valence-corrected chi connectivity index (χ0v) is 37.7. The number of nitrogens with zero attached hydrogens (tertiary/aromatic N) is 4. The number of amides is 6. The van der Waals surface area contributed by atoms with Gasteiger partial charge in [-0.1, -0.05) is 36.0 Å². The number of rotatable bonds is 18. The molecule has 2 heterocycles. The van der Waals surface area contributed by atoms with Crippen molar-refractivity contribution in [3.63, 3.8) is 0 Å². The van der Waals surface area contributed by atoms with E-state index in [-0.39, 0.29) is 53.3 Å². The standard InChI is InChI=1S/C46H47FN10O10S/c1-48-32-21-29(22-33(23-32)55-46(65)54-31-12-10-28(11-13-31)42-50-15-16-51-42)43(63)52-24-38(60)57(3)26-39(61)56(2)25-37(59)49-17-18-66-35-14-9-27(19-34(35)58)20-36-41(62)40(45(64)67-47)44(68-36)53-30-7-5-4-6-8-30/h4-14,19-23,48,58,62H,15-18,24-26H2,1-3H3,(H,49,59)(H,50,51)(H,52,63)(H2,54,55,65)/b36-20-,53-44?. The first-order valence-electron chi connectivity index (χ1n) is 20.8. The summed E-state index contributed by atoms with van der Waals surface area (Å²) in [4.78, 5) is 90.9. The second-order valence-electron chi connectivity index (χ2n) is 14.9. The molecule has 0 bridgehead atoms. The number of para-hydroxylation sites is 1. The van der Waals surface area contributed by atoms with Crippen LogP contribution >= 0.6 is 11.8 Å². The number of hydrogen-bond acceptors (Lipinski definition) is 15. The minimum Gasteiger partial charge on any atom is -0.506 e. The van der Waals surface area contributed by atoms with E-state index in [0.29, 0.717) is 34.9 Å². The number of thioether (sulfide) groups is 1. The fraction of sp³-hybridized carbons (Fsp3) is 0.217. The average Bonchev–Trinajstić information content (AvgIpc) is 3.98. The highest BCUT2D eigenvalue weighted by molar-refractivity contribution is 8.18. The van der Waals surface area contributed by atoms with Crippen molar-refractivity contribution < 1.29 is 53.2 Å². The Balaban J connectivity index is 0.909. The second-order valence-corrected chi connectivity index (χ2v) is 16.0. The molecule has 0 radical (unpaired) electrons. The van der Waals surface area contributed by atoms with Gasteiger partial charge in [0.15, 0.2) is 11.5 Å². The van der Waals surface area contributed by atoms with Gasteiger partial charge in [0.1, 0.15) is 28.8 Å². The number of aliphatic imine (C=N–C) groups is 2. The normalized spacial score (nSPS) is 14.1. The largest absolute Gasteiger partial charge is 0.506 e. The van der Waals surface area contributed by atoms with Crippen molar-refractivity contribution in [2.24, 2.45) is 9.98 Å². The van der Waals surface area contributed by atoms with Gasteiger partial charge >= 0.3 is 12.0 Å². The molecule has 0 unspecified atom stereocenters. The van der Waals surface area contributed by atoms with Gasteiger partial charge in [0.2, 0.25) is 17.7 Å². The Bertz CT molecular complexity index is 2700. The van der Waals surface area contributed by atoms with Crippen LogP contribution in [0.5, 0.6) is 11.5 Å². The maximum Gasteiger partial charge on any atom is 0.386 e. The number of aliphatic hydroxyl groups excluding tert-OH is 1. The van der Waals surface area contributed by atoms with Gasteiger partial charge in [0, 0.05) is 60.4 Å². The topological polar surface area (TPSA) is 265 Å². The minimum absolute atomic E-state index is 0.00212. The van der Waals surface area contributed by atoms with Crippen molar-refractivity contribution in [1.29, 1.82) is 0 Å². The Labute approximate surface area is 393 Å². The first kappa shape index (κ1) is 49.0. The predicted octanol–water partition coefficient (Wildman–Crippen LogP) is 4.33. The number of aliphatic hydroxyl groups is 1. The summed E-state index contributed by atoms with van der Waals surface area (Å²) in [6.07, 6.45) is 1.45. The summed E-state index contributed by atoms with van der Waals surface area (Å²) in [6, 6.07) is 24.1. The van der Waals surface area contributed by atoms with Crippen LogP contribution in [0.25, 0.3) is 6.08 Å². The van der Waals surface area contributed by atoms with E-state index in [4.69, 9.17) is 4.74 Å². The molecular weight excluding hydrogens is 904 g/mol. The van der Waals surface area contributed by atoms with E-state index in [1.165, 1.54) is 38.4 Å². The SMILES string of the molecule is CNc1cc(NC(=O)Nc2ccc(C3=NCCN3)cc2)cc(C(=O)NCC(=O)N(C)CC(=O)N(C)CC(=O)NCCOc2ccc(/C=C3\SC(=Nc4ccccc4)C(C(=O)OF)=C3O)cc2O)c1. The van der Waals surface area contributed by atoms with Crippen molar-refractivity contribution in [1.82, 2.24) is 25.8 Å². The number of likely N-dealkylation sites (N-methyl/N-ethyl adjacent to an activating group) is 2. The molecule has 0 spiro atoms. The Morgan fingerprint density at radius 3 is 2.28 bits per heavy atom. The van der Waals surface area contributed by atoms with Crippen molar-refractivity contribution in [3.05, 3.63) is 124 Å². The molecule has 2 aliphatic rings. The Kier molecular flexibility index (Phi) is 16.7. The van der Waals surface area contributed by atoms with Gasteiger partial charge in [-0.2, -0.15) is 0 Å². The summed E-state index contributed by atoms with van der Waals surface area (Å²) >= 11 is 0.902. The van der Waals surface area contributed by atoms with Crippen molar-refractivity contribution >= 4 is 87.1 Å². The van der Waals surface area contributed by atoms with E-state index in [9.17, 15) is 43.5 Å². The Morgan fingerprint density at radius 1 is 0.868 bits per heavy atom. The van der Waals surface area contributed by atoms with Crippen LogP contribution in [0.1, 0.15) is 21.5 Å². The Morgan fingerprint density at radius 2 is 1.59 bits per heavy atom. The van der Waals surface area contributed by atoms with Crippen LogP contribution in [0, 0.1) is 0 Å². The lowest BCUT2D eigenvalue weighted by atomic mass is 10.1. The number of amidine groups is 1. The van der Waals surface area contributed by atoms with Gasteiger partial charge in [-0.05, 0) is 78.4 Å². The molecule has 354 valence electrons. The molecule has 4 aromatic rings. The number of phenolic OH excluding ortho intramolecular Hbond substituents is 1. The van der Waals surface area contributed by atoms with E-state index < -0.39 is 53.5 Å². The number of ether oxygens (including phenoxy) is 1. The summed E-state index contributed by atoms with van der Waals surface area (Å²) in [5.41, 5.74) is 2.81. The monoisotopic (exact) mass is 950 g/mol. The van der Waals surface area contributed by atoms with Crippen molar-refractivity contribution in [3.8, 4) is 11.5 Å². The van der Waals surface area contributed by atoms with Crippen LogP contribution in [0.4, 0.5) is 32.1 Å². The third-order valence-corrected chi connectivity index (χ3v) is 11.0. The second kappa shape index (κ2) is 23.2. The quantitative estimate of drug-likeness (QED) is 0.0647. The number of carbonyl (C=O) groups is 6. The van der Waals surface area contributed by atoms with E-state index >= 15 is 0 Å². The number of anilines is 3. The number of urea groups is 1. The minimum atomic E-state index is -1.42. The predicted molar refractivity (Wildman–Crippen MR) is 255 cm³/mol. The van der Waals surface area contributed by atoms with Crippen molar-refractivity contribution in [2.75, 3.05) is 83.0 Å². The van der Waals surface area contributed by atoms with Crippen LogP contribution in [0.3, 0.4) is 0 Å². The van der Waals surface area contributed by atoms with Crippen molar-refractivity contribution in [2.45, 2.75) is 0 Å². The summed E-state index contributed by atoms with van der Waals surface area (Å²) in [5.74, 6) is -3.64. The lowest BCUT2D eigenvalue weighted by Crippen LogP contribution is -2.46. The number of halogens is 1. The van der Waals surface area contributed by atoms with Gasteiger partial charge in [-0.25, -0.2) is 19.5 Å². The number of carbonyl (C=O) groups excluding carboxylic acids is 6. The van der Waals surface area contributed by atoms with E-state index in [2.05, 4.69) is 46.8 Å². The lowest BCUT2D eigenvalue weighted by molar-refractivity contribution is -0.177. The molecular formula is C46H47FN10O10S. The highest BCUT2D eigenvalue weighted by atomic mass is 32.2. The molecule has 6 amide bonds. The van der Waals surface area contributed by atoms with E-state index in [1.807, 2.05) is 12.1 Å². The molecule has 8 N–H and O–H groups in total. The fourth-order valence-corrected chi connectivity index (χ4v) is 7.47. The number of nitrogens with one attached hydrogen (secondary N) is 6. The summed E-state index contributed by atoms with van der Waals surface area (Å²) in [7, 11) is 4.41. The summed E-state index contributed by atoms with van der Waals surface area (Å²) in [6.45, 7) is 0.245. The molecule has 68 heavy (non-hydrogen) atoms. The van der Waals surface area contributed by atoms with Gasteiger partial charge in [0.05, 0.1) is 43.3 Å². The summed E-state index contributed by atoms with van der Waals surface area (Å²) in [5, 5.41) is 38.1. The maximum absolute atomic E-state index is 13.1. The van der Waals surface area contributed by atoms with Crippen LogP contribution in [-0.2, 0) is 24.1 Å². The number of hydrogen-bond donors (Lipinski definition) is 8. The molecule has 2 aliphatic heterocycles. The lowest BCUT2D eigenvalue weighted by Gasteiger charge is -2.22. The number of aromatic hydroxyl groups is 1. The molecule has 0 saturated carbocycles. The smallest absolute Gasteiger partial charge is 0.386 e. The summed E-state index contributed by atoms with van der Waals surface area (Å²) < 4.78 is 18.5. The first-order valence-corrected chi connectivity index (χ1v) is 21.6. The molecule has 0 fully saturated rings.